The average molecular weight is 354 g/mol. The van der Waals surface area contributed by atoms with Gasteiger partial charge in [0.05, 0.1) is 0 Å². The van der Waals surface area contributed by atoms with Crippen molar-refractivity contribution in [1.82, 2.24) is 0 Å². The third kappa shape index (κ3) is 7.25. The average Bonchev–Trinajstić information content (AvgIpc) is 2.62. The van der Waals surface area contributed by atoms with Crippen molar-refractivity contribution < 1.29 is 9.59 Å². The number of carbonyl (C=O) groups excluding carboxylic acids is 2. The van der Waals surface area contributed by atoms with Gasteiger partial charge in [-0.2, -0.15) is 0 Å². The smallest absolute Gasteiger partial charge is 0.224 e. The lowest BCUT2D eigenvalue weighted by atomic mass is 10.1. The maximum absolute atomic E-state index is 11.9. The van der Waals surface area contributed by atoms with Crippen molar-refractivity contribution in [2.45, 2.75) is 38.5 Å². The van der Waals surface area contributed by atoms with Gasteiger partial charge in [0.15, 0.2) is 0 Å². The maximum atomic E-state index is 11.9. The van der Waals surface area contributed by atoms with Gasteiger partial charge in [-0.25, -0.2) is 0 Å². The van der Waals surface area contributed by atoms with Crippen molar-refractivity contribution in [3.05, 3.63) is 48.5 Å². The minimum Gasteiger partial charge on any atom is -0.399 e. The van der Waals surface area contributed by atoms with Gasteiger partial charge in [0.1, 0.15) is 0 Å². The van der Waals surface area contributed by atoms with Crippen LogP contribution in [0.1, 0.15) is 38.5 Å². The number of rotatable bonds is 9. The molecule has 6 heteroatoms. The molecule has 2 aromatic carbocycles. The molecule has 0 aromatic heterocycles. The summed E-state index contributed by atoms with van der Waals surface area (Å²) < 4.78 is 0. The summed E-state index contributed by atoms with van der Waals surface area (Å²) >= 11 is 0. The highest BCUT2D eigenvalue weighted by Crippen LogP contribution is 2.13. The number of carbonyl (C=O) groups is 2. The number of hydrogen-bond donors (Lipinski definition) is 4. The summed E-state index contributed by atoms with van der Waals surface area (Å²) in [5, 5.41) is 5.68. The number of anilines is 4. The van der Waals surface area contributed by atoms with Crippen LogP contribution in [-0.2, 0) is 9.59 Å². The van der Waals surface area contributed by atoms with Crippen molar-refractivity contribution in [2.24, 2.45) is 0 Å². The van der Waals surface area contributed by atoms with E-state index < -0.39 is 0 Å². The fraction of sp³-hybridized carbons (Fsp3) is 0.300. The van der Waals surface area contributed by atoms with Crippen molar-refractivity contribution >= 4 is 34.6 Å². The van der Waals surface area contributed by atoms with E-state index in [2.05, 4.69) is 10.6 Å². The summed E-state index contributed by atoms with van der Waals surface area (Å²) in [7, 11) is 0. The summed E-state index contributed by atoms with van der Waals surface area (Å²) in [6.45, 7) is 0. The molecule has 0 heterocycles. The Balaban J connectivity index is 1.53. The molecule has 0 bridgehead atoms. The molecule has 26 heavy (non-hydrogen) atoms. The molecule has 2 amide bonds. The highest BCUT2D eigenvalue weighted by Gasteiger charge is 2.04. The lowest BCUT2D eigenvalue weighted by Gasteiger charge is -2.06. The van der Waals surface area contributed by atoms with Crippen LogP contribution in [0.4, 0.5) is 22.7 Å². The molecule has 0 atom stereocenters. The lowest BCUT2D eigenvalue weighted by Crippen LogP contribution is -2.11. The van der Waals surface area contributed by atoms with Gasteiger partial charge in [-0.1, -0.05) is 12.8 Å². The third-order valence-corrected chi connectivity index (χ3v) is 3.95. The Morgan fingerprint density at radius 3 is 1.31 bits per heavy atom. The molecule has 0 radical (unpaired) electrons. The van der Waals surface area contributed by atoms with Crippen LogP contribution in [0.2, 0.25) is 0 Å². The molecule has 0 unspecified atom stereocenters. The van der Waals surface area contributed by atoms with E-state index >= 15 is 0 Å². The van der Waals surface area contributed by atoms with Crippen LogP contribution in [0.15, 0.2) is 48.5 Å². The van der Waals surface area contributed by atoms with Gasteiger partial charge in [-0.3, -0.25) is 9.59 Å². The Bertz CT molecular complexity index is 648. The normalized spacial score (nSPS) is 10.3. The molecule has 0 aliphatic heterocycles. The van der Waals surface area contributed by atoms with Crippen molar-refractivity contribution in [3.8, 4) is 0 Å². The van der Waals surface area contributed by atoms with E-state index in [1.54, 1.807) is 48.5 Å². The van der Waals surface area contributed by atoms with E-state index in [9.17, 15) is 9.59 Å². The summed E-state index contributed by atoms with van der Waals surface area (Å²) in [5.74, 6) is -0.00766. The predicted molar refractivity (Wildman–Crippen MR) is 107 cm³/mol. The van der Waals surface area contributed by atoms with Crippen LogP contribution < -0.4 is 22.1 Å². The summed E-state index contributed by atoms with van der Waals surface area (Å²) in [6.07, 6.45) is 4.40. The molecule has 2 aromatic rings. The van der Waals surface area contributed by atoms with Gasteiger partial charge in [0.25, 0.3) is 0 Å². The van der Waals surface area contributed by atoms with E-state index in [0.717, 1.165) is 37.1 Å². The van der Waals surface area contributed by atoms with E-state index in [1.807, 2.05) is 0 Å². The quantitative estimate of drug-likeness (QED) is 0.406. The van der Waals surface area contributed by atoms with E-state index in [1.165, 1.54) is 0 Å². The van der Waals surface area contributed by atoms with E-state index in [-0.39, 0.29) is 11.8 Å². The molecule has 0 saturated heterocycles. The second kappa shape index (κ2) is 10.1. The van der Waals surface area contributed by atoms with Crippen molar-refractivity contribution in [2.75, 3.05) is 22.1 Å². The molecular formula is C20H26N4O2. The Morgan fingerprint density at radius 1 is 0.615 bits per heavy atom. The molecule has 138 valence electrons. The first-order valence-electron chi connectivity index (χ1n) is 8.84. The van der Waals surface area contributed by atoms with Crippen LogP contribution in [0.25, 0.3) is 0 Å². The van der Waals surface area contributed by atoms with Gasteiger partial charge < -0.3 is 22.1 Å². The Morgan fingerprint density at radius 2 is 0.962 bits per heavy atom. The first-order valence-corrected chi connectivity index (χ1v) is 8.84. The summed E-state index contributed by atoms with van der Waals surface area (Å²) in [4.78, 5) is 23.7. The topological polar surface area (TPSA) is 110 Å². The molecule has 2 rings (SSSR count). The fourth-order valence-electron chi connectivity index (χ4n) is 2.50. The number of hydrogen-bond acceptors (Lipinski definition) is 4. The summed E-state index contributed by atoms with van der Waals surface area (Å²) in [5.41, 5.74) is 14.1. The number of nitrogens with one attached hydrogen (secondary N) is 2. The first-order chi connectivity index (χ1) is 12.5. The van der Waals surface area contributed by atoms with Crippen LogP contribution in [0, 0.1) is 0 Å². The molecule has 0 aliphatic rings. The molecule has 0 fully saturated rings. The van der Waals surface area contributed by atoms with Crippen LogP contribution in [0.5, 0.6) is 0 Å². The first kappa shape index (κ1) is 19.3. The van der Waals surface area contributed by atoms with Crippen LogP contribution in [-0.4, -0.2) is 11.8 Å². The maximum Gasteiger partial charge on any atom is 0.224 e. The van der Waals surface area contributed by atoms with Crippen LogP contribution >= 0.6 is 0 Å². The second-order valence-corrected chi connectivity index (χ2v) is 6.25. The van der Waals surface area contributed by atoms with Gasteiger partial charge in [0.2, 0.25) is 11.8 Å². The minimum atomic E-state index is -0.00383. The number of unbranched alkanes of at least 4 members (excludes halogenated alkanes) is 3. The second-order valence-electron chi connectivity index (χ2n) is 6.25. The highest BCUT2D eigenvalue weighted by atomic mass is 16.2. The van der Waals surface area contributed by atoms with Gasteiger partial charge in [-0.15, -0.1) is 0 Å². The van der Waals surface area contributed by atoms with Gasteiger partial charge >= 0.3 is 0 Å². The molecular weight excluding hydrogens is 328 g/mol. The molecule has 6 nitrogen and oxygen atoms in total. The Hall–Kier alpha value is -3.02. The largest absolute Gasteiger partial charge is 0.399 e. The molecule has 6 N–H and O–H groups in total. The van der Waals surface area contributed by atoms with E-state index in [4.69, 9.17) is 11.5 Å². The zero-order valence-electron chi connectivity index (χ0n) is 14.8. The van der Waals surface area contributed by atoms with Crippen LogP contribution in [0.3, 0.4) is 0 Å². The van der Waals surface area contributed by atoms with Gasteiger partial charge in [-0.05, 0) is 61.4 Å². The van der Waals surface area contributed by atoms with Crippen molar-refractivity contribution in [1.29, 1.82) is 0 Å². The van der Waals surface area contributed by atoms with E-state index in [0.29, 0.717) is 24.2 Å². The lowest BCUT2D eigenvalue weighted by molar-refractivity contribution is -0.117. The highest BCUT2D eigenvalue weighted by molar-refractivity contribution is 5.91. The number of amides is 2. The molecule has 0 saturated carbocycles. The van der Waals surface area contributed by atoms with Crippen molar-refractivity contribution in [3.63, 3.8) is 0 Å². The Kier molecular flexibility index (Phi) is 7.49. The van der Waals surface area contributed by atoms with Gasteiger partial charge in [0, 0.05) is 35.6 Å². The number of nitrogen functional groups attached to an aromatic ring is 2. The molecule has 0 spiro atoms. The fourth-order valence-corrected chi connectivity index (χ4v) is 2.50. The zero-order chi connectivity index (χ0) is 18.8. The zero-order valence-corrected chi connectivity index (χ0v) is 14.8. The monoisotopic (exact) mass is 354 g/mol. The summed E-state index contributed by atoms with van der Waals surface area (Å²) in [6, 6.07) is 14.2. The third-order valence-electron chi connectivity index (χ3n) is 3.95. The Labute approximate surface area is 154 Å². The molecule has 0 aliphatic carbocycles. The predicted octanol–water partition coefficient (Wildman–Crippen LogP) is 3.77. The number of benzene rings is 2. The minimum absolute atomic E-state index is 0.00383. The SMILES string of the molecule is Nc1ccc(NC(=O)CCCCCCC(=O)Nc2ccc(N)cc2)cc1. The standard InChI is InChI=1S/C20H26N4O2/c21-15-7-11-17(12-8-15)23-19(25)5-3-1-2-4-6-20(26)24-18-13-9-16(22)10-14-18/h7-14H,1-6,21-22H2,(H,23,25)(H,24,26). The number of nitrogens with two attached hydrogens (primary N) is 2.